The van der Waals surface area contributed by atoms with E-state index in [1.807, 2.05) is 5.43 Å². The summed E-state index contributed by atoms with van der Waals surface area (Å²) in [5, 5.41) is 29.3. The molecule has 5 nitrogen and oxygen atoms in total. The van der Waals surface area contributed by atoms with Gasteiger partial charge >= 0.3 is 6.18 Å². The van der Waals surface area contributed by atoms with E-state index in [1.165, 1.54) is 6.07 Å². The average Bonchev–Trinajstić information content (AvgIpc) is 2.43. The Kier molecular flexibility index (Phi) is 2.64. The Labute approximate surface area is 76.5 Å². The van der Waals surface area contributed by atoms with Crippen LogP contribution in [-0.4, -0.2) is 34.4 Å². The number of alkyl halides is 3. The summed E-state index contributed by atoms with van der Waals surface area (Å²) in [4.78, 5) is 0. The highest BCUT2D eigenvalue weighted by molar-refractivity contribution is 6.01. The zero-order chi connectivity index (χ0) is 10.9. The molecule has 78 valence electrons. The van der Waals surface area contributed by atoms with Crippen molar-refractivity contribution in [3.05, 3.63) is 0 Å². The van der Waals surface area contributed by atoms with Crippen molar-refractivity contribution in [2.75, 3.05) is 0 Å². The van der Waals surface area contributed by atoms with Gasteiger partial charge in [0.05, 0.1) is 5.92 Å². The number of halogens is 3. The summed E-state index contributed by atoms with van der Waals surface area (Å²) < 4.78 is 36.1. The fourth-order valence-corrected chi connectivity index (χ4v) is 1.07. The van der Waals surface area contributed by atoms with Crippen molar-refractivity contribution in [2.24, 2.45) is 11.0 Å². The van der Waals surface area contributed by atoms with Crippen LogP contribution < -0.4 is 5.43 Å². The SMILES string of the molecule is N#CC1=NNC(O)C1C(O)C(F)(F)F. The summed E-state index contributed by atoms with van der Waals surface area (Å²) in [6, 6.07) is 1.36. The molecule has 1 aliphatic rings. The molecule has 0 amide bonds. The number of aliphatic hydroxyl groups excluding tert-OH is 2. The van der Waals surface area contributed by atoms with Gasteiger partial charge in [-0.25, -0.2) is 0 Å². The quantitative estimate of drug-likeness (QED) is 0.534. The molecule has 1 aliphatic heterocycles. The number of rotatable bonds is 1. The molecule has 0 saturated heterocycles. The van der Waals surface area contributed by atoms with Crippen LogP contribution in [0.3, 0.4) is 0 Å². The molecule has 0 aromatic heterocycles. The predicted molar refractivity (Wildman–Crippen MR) is 37.7 cm³/mol. The highest BCUT2D eigenvalue weighted by Gasteiger charge is 2.50. The zero-order valence-corrected chi connectivity index (χ0v) is 6.65. The van der Waals surface area contributed by atoms with Gasteiger partial charge in [-0.1, -0.05) is 0 Å². The van der Waals surface area contributed by atoms with Gasteiger partial charge in [0.25, 0.3) is 0 Å². The molecule has 0 aromatic rings. The molecule has 0 radical (unpaired) electrons. The Balaban J connectivity index is 2.87. The summed E-state index contributed by atoms with van der Waals surface area (Å²) in [5.41, 5.74) is 1.32. The molecule has 0 spiro atoms. The lowest BCUT2D eigenvalue weighted by Gasteiger charge is -2.22. The van der Waals surface area contributed by atoms with Crippen molar-refractivity contribution < 1.29 is 23.4 Å². The molecule has 0 aromatic carbocycles. The van der Waals surface area contributed by atoms with Gasteiger partial charge in [0, 0.05) is 0 Å². The number of hydrogen-bond acceptors (Lipinski definition) is 5. The molecule has 1 rings (SSSR count). The monoisotopic (exact) mass is 209 g/mol. The summed E-state index contributed by atoms with van der Waals surface area (Å²) in [7, 11) is 0. The third-order valence-electron chi connectivity index (χ3n) is 1.76. The lowest BCUT2D eigenvalue weighted by Crippen LogP contribution is -2.45. The van der Waals surface area contributed by atoms with Gasteiger partial charge in [0.1, 0.15) is 11.8 Å². The van der Waals surface area contributed by atoms with E-state index in [1.54, 1.807) is 0 Å². The fraction of sp³-hybridized carbons (Fsp3) is 0.667. The molecular weight excluding hydrogens is 203 g/mol. The molecule has 0 aliphatic carbocycles. The molecule has 1 heterocycles. The highest BCUT2D eigenvalue weighted by atomic mass is 19.4. The van der Waals surface area contributed by atoms with Crippen molar-refractivity contribution in [1.82, 2.24) is 5.43 Å². The second-order valence-electron chi connectivity index (χ2n) is 2.70. The first-order valence-electron chi connectivity index (χ1n) is 3.54. The lowest BCUT2D eigenvalue weighted by atomic mass is 9.96. The van der Waals surface area contributed by atoms with Crippen LogP contribution in [0.2, 0.25) is 0 Å². The Bertz CT molecular complexity index is 296. The third-order valence-corrected chi connectivity index (χ3v) is 1.76. The van der Waals surface area contributed by atoms with E-state index in [4.69, 9.17) is 15.5 Å². The van der Waals surface area contributed by atoms with Crippen molar-refractivity contribution in [1.29, 1.82) is 5.26 Å². The maximum atomic E-state index is 12.0. The normalized spacial score (nSPS) is 29.0. The van der Waals surface area contributed by atoms with Crippen molar-refractivity contribution >= 4 is 5.71 Å². The van der Waals surface area contributed by atoms with E-state index in [0.29, 0.717) is 0 Å². The molecule has 14 heavy (non-hydrogen) atoms. The van der Waals surface area contributed by atoms with Gasteiger partial charge < -0.3 is 10.2 Å². The van der Waals surface area contributed by atoms with Gasteiger partial charge in [-0.05, 0) is 0 Å². The summed E-state index contributed by atoms with van der Waals surface area (Å²) in [5.74, 6) is -1.76. The van der Waals surface area contributed by atoms with E-state index in [-0.39, 0.29) is 0 Å². The van der Waals surface area contributed by atoms with E-state index >= 15 is 0 Å². The minimum Gasteiger partial charge on any atom is -0.383 e. The first-order valence-corrected chi connectivity index (χ1v) is 3.54. The van der Waals surface area contributed by atoms with Crippen LogP contribution >= 0.6 is 0 Å². The van der Waals surface area contributed by atoms with Crippen LogP contribution in [0.4, 0.5) is 13.2 Å². The number of hydrazone groups is 1. The van der Waals surface area contributed by atoms with Gasteiger partial charge in [-0.15, -0.1) is 0 Å². The standard InChI is InChI=1S/C6H6F3N3O2/c7-6(8,9)4(13)3-2(1-10)11-12-5(3)14/h3-5,12-14H. The predicted octanol–water partition coefficient (Wildman–Crippen LogP) is -0.673. The lowest BCUT2D eigenvalue weighted by molar-refractivity contribution is -0.219. The van der Waals surface area contributed by atoms with Crippen LogP contribution in [-0.2, 0) is 0 Å². The number of hydrogen-bond donors (Lipinski definition) is 3. The minimum atomic E-state index is -4.89. The molecular formula is C6H6F3N3O2. The van der Waals surface area contributed by atoms with E-state index in [9.17, 15) is 13.2 Å². The van der Waals surface area contributed by atoms with Crippen molar-refractivity contribution in [2.45, 2.75) is 18.5 Å². The number of nitrogens with zero attached hydrogens (tertiary/aromatic N) is 2. The van der Waals surface area contributed by atoms with E-state index in [2.05, 4.69) is 5.10 Å². The largest absolute Gasteiger partial charge is 0.415 e. The Hall–Kier alpha value is -1.33. The fourth-order valence-electron chi connectivity index (χ4n) is 1.07. The minimum absolute atomic E-state index is 0.567. The van der Waals surface area contributed by atoms with E-state index < -0.39 is 30.1 Å². The number of nitrogens with one attached hydrogen (secondary N) is 1. The number of aliphatic hydroxyl groups is 2. The molecule has 8 heteroatoms. The van der Waals surface area contributed by atoms with Gasteiger partial charge in [-0.2, -0.15) is 23.5 Å². The summed E-state index contributed by atoms with van der Waals surface area (Å²) in [6.07, 6.45) is -9.39. The molecule has 0 fully saturated rings. The van der Waals surface area contributed by atoms with Crippen molar-refractivity contribution in [3.63, 3.8) is 0 Å². The molecule has 0 bridgehead atoms. The Morgan fingerprint density at radius 1 is 1.57 bits per heavy atom. The van der Waals surface area contributed by atoms with Crippen LogP contribution in [0.15, 0.2) is 5.10 Å². The molecule has 3 unspecified atom stereocenters. The van der Waals surface area contributed by atoms with Crippen LogP contribution in [0, 0.1) is 17.2 Å². The summed E-state index contributed by atoms with van der Waals surface area (Å²) >= 11 is 0. The first-order chi connectivity index (χ1) is 6.38. The maximum absolute atomic E-state index is 12.0. The number of nitriles is 1. The average molecular weight is 209 g/mol. The van der Waals surface area contributed by atoms with Gasteiger partial charge in [0.2, 0.25) is 0 Å². The first kappa shape index (κ1) is 10.7. The second kappa shape index (κ2) is 3.43. The Morgan fingerprint density at radius 2 is 2.14 bits per heavy atom. The third kappa shape index (κ3) is 1.78. The van der Waals surface area contributed by atoms with Gasteiger partial charge in [0.15, 0.2) is 12.3 Å². The Morgan fingerprint density at radius 3 is 2.57 bits per heavy atom. The highest BCUT2D eigenvalue weighted by Crippen LogP contribution is 2.29. The molecule has 3 atom stereocenters. The van der Waals surface area contributed by atoms with Crippen LogP contribution in [0.5, 0.6) is 0 Å². The summed E-state index contributed by atoms with van der Waals surface area (Å²) in [6.45, 7) is 0. The van der Waals surface area contributed by atoms with Crippen LogP contribution in [0.25, 0.3) is 0 Å². The molecule has 0 saturated carbocycles. The smallest absolute Gasteiger partial charge is 0.383 e. The van der Waals surface area contributed by atoms with Crippen molar-refractivity contribution in [3.8, 4) is 6.07 Å². The topological polar surface area (TPSA) is 88.6 Å². The van der Waals surface area contributed by atoms with E-state index in [0.717, 1.165) is 0 Å². The second-order valence-corrected chi connectivity index (χ2v) is 2.70. The zero-order valence-electron chi connectivity index (χ0n) is 6.65. The maximum Gasteiger partial charge on any atom is 0.415 e. The van der Waals surface area contributed by atoms with Crippen LogP contribution in [0.1, 0.15) is 0 Å². The molecule has 3 N–H and O–H groups in total. The van der Waals surface area contributed by atoms with Gasteiger partial charge in [-0.3, -0.25) is 5.43 Å².